The lowest BCUT2D eigenvalue weighted by Gasteiger charge is -2.38. The van der Waals surface area contributed by atoms with Crippen molar-refractivity contribution in [1.82, 2.24) is 15.4 Å². The van der Waals surface area contributed by atoms with Gasteiger partial charge in [-0.25, -0.2) is 4.79 Å². The monoisotopic (exact) mass is 411 g/mol. The third-order valence-corrected chi connectivity index (χ3v) is 4.81. The molecule has 1 aromatic heterocycles. The molecule has 8 heteroatoms. The third kappa shape index (κ3) is 4.57. The van der Waals surface area contributed by atoms with Gasteiger partial charge in [-0.05, 0) is 29.8 Å². The van der Waals surface area contributed by atoms with E-state index in [-0.39, 0.29) is 24.2 Å². The fraction of sp³-hybridized carbons (Fsp3) is 0.190. The third-order valence-electron chi connectivity index (χ3n) is 4.56. The maximum absolute atomic E-state index is 12.5. The number of carbonyl (C=O) groups is 2. The molecule has 4 rings (SSSR count). The van der Waals surface area contributed by atoms with Crippen LogP contribution in [0.3, 0.4) is 0 Å². The van der Waals surface area contributed by atoms with Gasteiger partial charge < -0.3 is 19.5 Å². The number of carbonyl (C=O) groups excluding carboxylic acids is 2. The van der Waals surface area contributed by atoms with Crippen molar-refractivity contribution in [1.29, 1.82) is 0 Å². The zero-order chi connectivity index (χ0) is 20.2. The topological polar surface area (TPSA) is 84.7 Å². The molecule has 1 saturated heterocycles. The van der Waals surface area contributed by atoms with Gasteiger partial charge in [0.2, 0.25) is 0 Å². The molecular weight excluding hydrogens is 394 g/mol. The number of amides is 2. The van der Waals surface area contributed by atoms with Crippen molar-refractivity contribution in [3.8, 4) is 11.3 Å². The fourth-order valence-corrected chi connectivity index (χ4v) is 3.08. The minimum absolute atomic E-state index is 0.148. The number of ether oxygens (including phenoxy) is 1. The van der Waals surface area contributed by atoms with E-state index in [4.69, 9.17) is 20.9 Å². The number of rotatable bonds is 5. The lowest BCUT2D eigenvalue weighted by Crippen LogP contribution is -2.61. The minimum atomic E-state index is -0.502. The van der Waals surface area contributed by atoms with E-state index < -0.39 is 6.09 Å². The highest BCUT2D eigenvalue weighted by Crippen LogP contribution is 2.23. The van der Waals surface area contributed by atoms with Gasteiger partial charge in [-0.3, -0.25) is 4.79 Å². The van der Waals surface area contributed by atoms with E-state index in [0.29, 0.717) is 23.9 Å². The highest BCUT2D eigenvalue weighted by atomic mass is 35.5. The molecule has 1 fully saturated rings. The smallest absolute Gasteiger partial charge is 0.407 e. The van der Waals surface area contributed by atoms with Crippen molar-refractivity contribution in [2.75, 3.05) is 13.1 Å². The molecule has 148 valence electrons. The molecule has 1 aliphatic rings. The van der Waals surface area contributed by atoms with Crippen LogP contribution in [0.1, 0.15) is 16.1 Å². The van der Waals surface area contributed by atoms with Gasteiger partial charge in [0.1, 0.15) is 6.61 Å². The normalized spacial score (nSPS) is 13.6. The summed E-state index contributed by atoms with van der Waals surface area (Å²) in [6.45, 7) is 0.985. The van der Waals surface area contributed by atoms with E-state index in [1.807, 2.05) is 30.3 Å². The number of halogens is 1. The van der Waals surface area contributed by atoms with Crippen LogP contribution in [0.4, 0.5) is 4.79 Å². The molecule has 0 aliphatic carbocycles. The predicted octanol–water partition coefficient (Wildman–Crippen LogP) is 3.75. The number of likely N-dealkylation sites (tertiary alicyclic amines) is 1. The SMILES string of the molecule is O=C(NC1CN(C(=O)c2cc(-c3ccc(Cl)cc3)on2)C1)OCc1ccccc1. The summed E-state index contributed by atoms with van der Waals surface area (Å²) in [7, 11) is 0. The van der Waals surface area contributed by atoms with Crippen LogP contribution >= 0.6 is 11.6 Å². The van der Waals surface area contributed by atoms with E-state index in [1.54, 1.807) is 35.2 Å². The Bertz CT molecular complexity index is 998. The van der Waals surface area contributed by atoms with Crippen molar-refractivity contribution in [2.24, 2.45) is 0 Å². The van der Waals surface area contributed by atoms with Gasteiger partial charge in [0, 0.05) is 29.7 Å². The molecule has 3 aromatic rings. The average Bonchev–Trinajstić information content (AvgIpc) is 3.20. The predicted molar refractivity (Wildman–Crippen MR) is 106 cm³/mol. The first-order valence-corrected chi connectivity index (χ1v) is 9.45. The molecule has 0 saturated carbocycles. The second-order valence-corrected chi connectivity index (χ2v) is 7.13. The zero-order valence-corrected chi connectivity index (χ0v) is 16.1. The second kappa shape index (κ2) is 8.36. The van der Waals surface area contributed by atoms with Gasteiger partial charge in [0.05, 0.1) is 6.04 Å². The quantitative estimate of drug-likeness (QED) is 0.691. The van der Waals surface area contributed by atoms with Crippen LogP contribution < -0.4 is 5.32 Å². The molecule has 29 heavy (non-hydrogen) atoms. The van der Waals surface area contributed by atoms with Gasteiger partial charge in [0.15, 0.2) is 11.5 Å². The number of aromatic nitrogens is 1. The molecule has 2 amide bonds. The standard InChI is InChI=1S/C21H18ClN3O4/c22-16-8-6-15(7-9-16)19-10-18(24-29-19)20(26)25-11-17(12-25)23-21(27)28-13-14-4-2-1-3-5-14/h1-10,17H,11-13H2,(H,23,27). The lowest BCUT2D eigenvalue weighted by molar-refractivity contribution is 0.0535. The summed E-state index contributed by atoms with van der Waals surface area (Å²) in [6.07, 6.45) is -0.502. The van der Waals surface area contributed by atoms with Gasteiger partial charge in [-0.1, -0.05) is 47.1 Å². The highest BCUT2D eigenvalue weighted by molar-refractivity contribution is 6.30. The summed E-state index contributed by atoms with van der Waals surface area (Å²) in [5.74, 6) is 0.245. The maximum Gasteiger partial charge on any atom is 0.407 e. The van der Waals surface area contributed by atoms with E-state index in [0.717, 1.165) is 11.1 Å². The Hall–Kier alpha value is -3.32. The largest absolute Gasteiger partial charge is 0.445 e. The van der Waals surface area contributed by atoms with Crippen LogP contribution in [0.15, 0.2) is 65.2 Å². The molecule has 1 N–H and O–H groups in total. The van der Waals surface area contributed by atoms with Crippen LogP contribution in [0.2, 0.25) is 5.02 Å². The van der Waals surface area contributed by atoms with Gasteiger partial charge in [0.25, 0.3) is 5.91 Å². The van der Waals surface area contributed by atoms with Crippen molar-refractivity contribution < 1.29 is 18.8 Å². The molecule has 2 aromatic carbocycles. The molecule has 0 atom stereocenters. The Labute approximate surface area is 172 Å². The Morgan fingerprint density at radius 3 is 2.59 bits per heavy atom. The van der Waals surface area contributed by atoms with Crippen molar-refractivity contribution in [2.45, 2.75) is 12.6 Å². The number of hydrogen-bond donors (Lipinski definition) is 1. The molecule has 0 spiro atoms. The van der Waals surface area contributed by atoms with Crippen LogP contribution in [-0.2, 0) is 11.3 Å². The Morgan fingerprint density at radius 1 is 1.14 bits per heavy atom. The van der Waals surface area contributed by atoms with Crippen LogP contribution in [0, 0.1) is 0 Å². The van der Waals surface area contributed by atoms with Crippen LogP contribution in [0.5, 0.6) is 0 Å². The zero-order valence-electron chi connectivity index (χ0n) is 15.4. The molecule has 0 unspecified atom stereocenters. The average molecular weight is 412 g/mol. The lowest BCUT2D eigenvalue weighted by atomic mass is 10.1. The molecular formula is C21H18ClN3O4. The van der Waals surface area contributed by atoms with Gasteiger partial charge in [-0.15, -0.1) is 0 Å². The van der Waals surface area contributed by atoms with Crippen molar-refractivity contribution in [3.05, 3.63) is 76.9 Å². The number of nitrogens with one attached hydrogen (secondary N) is 1. The summed E-state index contributed by atoms with van der Waals surface area (Å²) in [6, 6.07) is 17.9. The molecule has 0 bridgehead atoms. The van der Waals surface area contributed by atoms with Crippen molar-refractivity contribution >= 4 is 23.6 Å². The number of nitrogens with zero attached hydrogens (tertiary/aromatic N) is 2. The first-order chi connectivity index (χ1) is 14.1. The van der Waals surface area contributed by atoms with E-state index >= 15 is 0 Å². The molecule has 7 nitrogen and oxygen atoms in total. The molecule has 0 radical (unpaired) electrons. The fourth-order valence-electron chi connectivity index (χ4n) is 2.96. The summed E-state index contributed by atoms with van der Waals surface area (Å²) in [4.78, 5) is 26.0. The van der Waals surface area contributed by atoms with Crippen LogP contribution in [0.25, 0.3) is 11.3 Å². The number of benzene rings is 2. The second-order valence-electron chi connectivity index (χ2n) is 6.70. The van der Waals surface area contributed by atoms with Gasteiger partial charge in [-0.2, -0.15) is 0 Å². The highest BCUT2D eigenvalue weighted by Gasteiger charge is 2.34. The number of alkyl carbamates (subject to hydrolysis) is 1. The minimum Gasteiger partial charge on any atom is -0.445 e. The van der Waals surface area contributed by atoms with E-state index in [1.165, 1.54) is 0 Å². The summed E-state index contributed by atoms with van der Waals surface area (Å²) < 4.78 is 10.5. The Kier molecular flexibility index (Phi) is 5.48. The Balaban J connectivity index is 1.25. The van der Waals surface area contributed by atoms with Gasteiger partial charge >= 0.3 is 6.09 Å². The van der Waals surface area contributed by atoms with Crippen LogP contribution in [-0.4, -0.2) is 41.2 Å². The van der Waals surface area contributed by atoms with E-state index in [2.05, 4.69) is 10.5 Å². The molecule has 2 heterocycles. The number of hydrogen-bond acceptors (Lipinski definition) is 5. The van der Waals surface area contributed by atoms with Crippen molar-refractivity contribution in [3.63, 3.8) is 0 Å². The first kappa shape index (κ1) is 19.0. The summed E-state index contributed by atoms with van der Waals surface area (Å²) >= 11 is 5.88. The maximum atomic E-state index is 12.5. The molecule has 1 aliphatic heterocycles. The summed E-state index contributed by atoms with van der Waals surface area (Å²) in [5, 5.41) is 7.22. The first-order valence-electron chi connectivity index (χ1n) is 9.07. The summed E-state index contributed by atoms with van der Waals surface area (Å²) in [5.41, 5.74) is 1.92. The Morgan fingerprint density at radius 2 is 1.86 bits per heavy atom. The van der Waals surface area contributed by atoms with E-state index in [9.17, 15) is 9.59 Å².